The van der Waals surface area contributed by atoms with Crippen LogP contribution in [0.5, 0.6) is 0 Å². The molecule has 2 aliphatic heterocycles. The van der Waals surface area contributed by atoms with Gasteiger partial charge >= 0.3 is 5.97 Å². The molecule has 0 saturated carbocycles. The van der Waals surface area contributed by atoms with E-state index in [9.17, 15) is 19.5 Å². The van der Waals surface area contributed by atoms with E-state index in [1.165, 1.54) is 0 Å². The second kappa shape index (κ2) is 10.5. The van der Waals surface area contributed by atoms with Gasteiger partial charge in [0.25, 0.3) is 0 Å². The lowest BCUT2D eigenvalue weighted by molar-refractivity contribution is -0.138. The largest absolute Gasteiger partial charge is 0.481 e. The molecule has 2 heterocycles. The smallest absolute Gasteiger partial charge is 0.305 e. The molecule has 2 fully saturated rings. The Morgan fingerprint density at radius 1 is 1.19 bits per heavy atom. The quantitative estimate of drug-likeness (QED) is 0.477. The summed E-state index contributed by atoms with van der Waals surface area (Å²) in [7, 11) is 0. The van der Waals surface area contributed by atoms with Crippen molar-refractivity contribution in [1.29, 1.82) is 0 Å². The lowest BCUT2D eigenvalue weighted by atomic mass is 9.92. The van der Waals surface area contributed by atoms with Crippen LogP contribution in [0, 0.1) is 11.8 Å². The van der Waals surface area contributed by atoms with Crippen molar-refractivity contribution >= 4 is 17.8 Å². The summed E-state index contributed by atoms with van der Waals surface area (Å²) >= 11 is 0. The van der Waals surface area contributed by atoms with Crippen LogP contribution in [-0.2, 0) is 14.4 Å². The highest BCUT2D eigenvalue weighted by Gasteiger charge is 2.30. The Bertz CT molecular complexity index is 493. The summed E-state index contributed by atoms with van der Waals surface area (Å²) in [4.78, 5) is 37.4. The number of carbonyl (C=O) groups excluding carboxylic acids is 2. The predicted molar refractivity (Wildman–Crippen MR) is 95.4 cm³/mol. The van der Waals surface area contributed by atoms with Gasteiger partial charge in [-0.2, -0.15) is 0 Å². The van der Waals surface area contributed by atoms with Gasteiger partial charge in [0.2, 0.25) is 11.8 Å². The molecule has 148 valence electrons. The molecule has 0 aromatic carbocycles. The zero-order valence-electron chi connectivity index (χ0n) is 15.3. The summed E-state index contributed by atoms with van der Waals surface area (Å²) < 4.78 is 0. The Balaban J connectivity index is 1.78. The number of amides is 2. The first-order valence-corrected chi connectivity index (χ1v) is 9.61. The molecule has 0 bridgehead atoms. The van der Waals surface area contributed by atoms with Crippen LogP contribution in [0.15, 0.2) is 0 Å². The monoisotopic (exact) mass is 369 g/mol. The van der Waals surface area contributed by atoms with E-state index in [2.05, 4.69) is 10.6 Å². The molecule has 2 aliphatic rings. The number of aliphatic hydroxyl groups excluding tert-OH is 1. The zero-order chi connectivity index (χ0) is 18.9. The Morgan fingerprint density at radius 3 is 2.58 bits per heavy atom. The zero-order valence-corrected chi connectivity index (χ0v) is 15.3. The fraction of sp³-hybridized carbons (Fsp3) is 0.833. The maximum atomic E-state index is 12.5. The predicted octanol–water partition coefficient (Wildman–Crippen LogP) is -0.0434. The molecule has 8 nitrogen and oxygen atoms in total. The number of piperidine rings is 2. The van der Waals surface area contributed by atoms with Gasteiger partial charge in [-0.25, -0.2) is 0 Å². The maximum Gasteiger partial charge on any atom is 0.305 e. The first-order chi connectivity index (χ1) is 12.5. The van der Waals surface area contributed by atoms with Gasteiger partial charge in [-0.05, 0) is 51.1 Å². The van der Waals surface area contributed by atoms with Gasteiger partial charge in [0.1, 0.15) is 0 Å². The second-order valence-electron chi connectivity index (χ2n) is 7.40. The minimum absolute atomic E-state index is 0.102. The number of carboxylic acid groups (broad SMARTS) is 1. The number of nitrogens with zero attached hydrogens (tertiary/aromatic N) is 1. The van der Waals surface area contributed by atoms with Gasteiger partial charge in [-0.1, -0.05) is 0 Å². The topological polar surface area (TPSA) is 119 Å². The number of likely N-dealkylation sites (tertiary alicyclic amines) is 1. The summed E-state index contributed by atoms with van der Waals surface area (Å²) in [5.74, 6) is -0.978. The number of nitrogens with one attached hydrogen (secondary N) is 2. The van der Waals surface area contributed by atoms with Crippen LogP contribution in [0.4, 0.5) is 0 Å². The van der Waals surface area contributed by atoms with Gasteiger partial charge < -0.3 is 25.7 Å². The Hall–Kier alpha value is -1.67. The first-order valence-electron chi connectivity index (χ1n) is 9.61. The van der Waals surface area contributed by atoms with E-state index in [0.29, 0.717) is 31.8 Å². The molecular weight excluding hydrogens is 338 g/mol. The molecule has 2 amide bonds. The number of carboxylic acids is 1. The van der Waals surface area contributed by atoms with Gasteiger partial charge in [0, 0.05) is 19.5 Å². The molecule has 2 rings (SSSR count). The van der Waals surface area contributed by atoms with Crippen molar-refractivity contribution in [1.82, 2.24) is 15.5 Å². The normalized spacial score (nSPS) is 22.7. The Morgan fingerprint density at radius 2 is 1.92 bits per heavy atom. The third-order valence-electron chi connectivity index (χ3n) is 5.36. The molecular formula is C18H31N3O5. The van der Waals surface area contributed by atoms with Crippen LogP contribution in [0.1, 0.15) is 44.9 Å². The van der Waals surface area contributed by atoms with Crippen molar-refractivity contribution in [3.8, 4) is 0 Å². The summed E-state index contributed by atoms with van der Waals surface area (Å²) in [6.07, 6.45) is 4.79. The van der Waals surface area contributed by atoms with Crippen LogP contribution >= 0.6 is 0 Å². The molecule has 26 heavy (non-hydrogen) atoms. The highest BCUT2D eigenvalue weighted by Crippen LogP contribution is 2.21. The van der Waals surface area contributed by atoms with Crippen LogP contribution in [0.25, 0.3) is 0 Å². The van der Waals surface area contributed by atoms with Gasteiger partial charge in [0.15, 0.2) is 0 Å². The minimum atomic E-state index is -1.07. The van der Waals surface area contributed by atoms with Crippen molar-refractivity contribution in [2.45, 2.75) is 51.0 Å². The number of rotatable bonds is 8. The van der Waals surface area contributed by atoms with E-state index in [4.69, 9.17) is 5.11 Å². The molecule has 0 aliphatic carbocycles. The number of hydrogen-bond acceptors (Lipinski definition) is 5. The highest BCUT2D eigenvalue weighted by molar-refractivity contribution is 5.82. The molecule has 2 atom stereocenters. The van der Waals surface area contributed by atoms with E-state index < -0.39 is 18.6 Å². The highest BCUT2D eigenvalue weighted by atomic mass is 16.4. The van der Waals surface area contributed by atoms with E-state index in [1.54, 1.807) is 4.90 Å². The number of hydrogen-bond donors (Lipinski definition) is 4. The van der Waals surface area contributed by atoms with Crippen LogP contribution in [-0.4, -0.2) is 71.7 Å². The molecule has 4 N–H and O–H groups in total. The lowest BCUT2D eigenvalue weighted by Crippen LogP contribution is -2.48. The van der Waals surface area contributed by atoms with E-state index >= 15 is 0 Å². The maximum absolute atomic E-state index is 12.5. The van der Waals surface area contributed by atoms with Crippen molar-refractivity contribution in [2.75, 3.05) is 32.8 Å². The van der Waals surface area contributed by atoms with Crippen molar-refractivity contribution in [3.63, 3.8) is 0 Å². The third kappa shape index (κ3) is 6.57. The summed E-state index contributed by atoms with van der Waals surface area (Å²) in [5, 5.41) is 23.9. The van der Waals surface area contributed by atoms with Crippen LogP contribution in [0.2, 0.25) is 0 Å². The third-order valence-corrected chi connectivity index (χ3v) is 5.36. The molecule has 8 heteroatoms. The van der Waals surface area contributed by atoms with Crippen LogP contribution < -0.4 is 10.6 Å². The Labute approximate surface area is 154 Å². The van der Waals surface area contributed by atoms with Gasteiger partial charge in [-0.3, -0.25) is 14.4 Å². The average molecular weight is 369 g/mol. The van der Waals surface area contributed by atoms with Crippen molar-refractivity contribution in [2.24, 2.45) is 11.8 Å². The fourth-order valence-corrected chi connectivity index (χ4v) is 3.76. The van der Waals surface area contributed by atoms with E-state index in [0.717, 1.165) is 38.8 Å². The molecule has 2 saturated heterocycles. The van der Waals surface area contributed by atoms with E-state index in [-0.39, 0.29) is 24.2 Å². The SMILES string of the molecule is O=C(O)CC(CO)NC(=O)[C@@H]1CCCN(C(=O)CCC2CCNCC2)C1. The van der Waals surface area contributed by atoms with E-state index in [1.807, 2.05) is 0 Å². The summed E-state index contributed by atoms with van der Waals surface area (Å²) in [5.41, 5.74) is 0. The molecule has 0 aromatic rings. The van der Waals surface area contributed by atoms with Gasteiger partial charge in [-0.15, -0.1) is 0 Å². The molecule has 1 unspecified atom stereocenters. The molecule has 0 radical (unpaired) electrons. The van der Waals surface area contributed by atoms with Gasteiger partial charge in [0.05, 0.1) is 25.0 Å². The summed E-state index contributed by atoms with van der Waals surface area (Å²) in [6.45, 7) is 2.68. The van der Waals surface area contributed by atoms with Crippen molar-refractivity contribution < 1.29 is 24.6 Å². The first kappa shape index (κ1) is 20.6. The second-order valence-corrected chi connectivity index (χ2v) is 7.40. The molecule has 0 aromatic heterocycles. The lowest BCUT2D eigenvalue weighted by Gasteiger charge is -2.33. The molecule has 0 spiro atoms. The number of carbonyl (C=O) groups is 3. The number of aliphatic carboxylic acids is 1. The fourth-order valence-electron chi connectivity index (χ4n) is 3.76. The standard InChI is InChI=1S/C18H31N3O5/c22-12-15(10-17(24)25)20-18(26)14-2-1-9-21(11-14)16(23)4-3-13-5-7-19-8-6-13/h13-15,19,22H,1-12H2,(H,20,26)(H,24,25)/t14-,15?/m1/s1. The summed E-state index contributed by atoms with van der Waals surface area (Å²) in [6, 6.07) is -0.786. The van der Waals surface area contributed by atoms with Crippen LogP contribution in [0.3, 0.4) is 0 Å². The minimum Gasteiger partial charge on any atom is -0.481 e. The van der Waals surface area contributed by atoms with Crippen molar-refractivity contribution in [3.05, 3.63) is 0 Å². The average Bonchev–Trinajstić information content (AvgIpc) is 2.66. The number of aliphatic hydroxyl groups is 1. The Kier molecular flexibility index (Phi) is 8.31.